The van der Waals surface area contributed by atoms with Crippen LogP contribution < -0.4 is 4.90 Å². The third kappa shape index (κ3) is 3.58. The molecule has 6 heteroatoms. The summed E-state index contributed by atoms with van der Waals surface area (Å²) in [4.78, 5) is 22.1. The molecule has 2 aromatic carbocycles. The van der Waals surface area contributed by atoms with Gasteiger partial charge in [-0.1, -0.05) is 36.4 Å². The number of hydrogen-bond acceptors (Lipinski definition) is 4. The van der Waals surface area contributed by atoms with Crippen molar-refractivity contribution in [3.63, 3.8) is 0 Å². The number of hydrogen-bond donors (Lipinski definition) is 0. The van der Waals surface area contributed by atoms with Gasteiger partial charge in [-0.05, 0) is 56.7 Å². The SMILES string of the molecule is Cc1ccccc1-c1cc(C(=O)N2CCCSc3ccccc32)c2cnn(C(C)C)c2n1. The van der Waals surface area contributed by atoms with E-state index in [1.807, 2.05) is 57.7 Å². The molecule has 2 aromatic heterocycles. The maximum absolute atomic E-state index is 14.0. The third-order valence-electron chi connectivity index (χ3n) is 5.89. The van der Waals surface area contributed by atoms with Crippen molar-refractivity contribution < 1.29 is 4.79 Å². The van der Waals surface area contributed by atoms with Gasteiger partial charge in [-0.15, -0.1) is 11.8 Å². The van der Waals surface area contributed by atoms with E-state index in [4.69, 9.17) is 4.98 Å². The molecule has 0 fully saturated rings. The second-order valence-electron chi connectivity index (χ2n) is 8.42. The summed E-state index contributed by atoms with van der Waals surface area (Å²) in [5.41, 5.74) is 5.36. The Morgan fingerprint density at radius 1 is 1.09 bits per heavy atom. The standard InChI is InChI=1S/C26H26N4OS/c1-17(2)30-25-21(16-27-30)20(15-22(28-25)19-10-5-4-9-18(19)3)26(31)29-13-8-14-32-24-12-7-6-11-23(24)29/h4-7,9-12,15-17H,8,13-14H2,1-3H3. The van der Waals surface area contributed by atoms with Gasteiger partial charge >= 0.3 is 0 Å². The molecule has 1 aliphatic heterocycles. The molecule has 5 nitrogen and oxygen atoms in total. The van der Waals surface area contributed by atoms with E-state index in [1.165, 1.54) is 0 Å². The number of pyridine rings is 1. The minimum absolute atomic E-state index is 0.00508. The van der Waals surface area contributed by atoms with E-state index >= 15 is 0 Å². The summed E-state index contributed by atoms with van der Waals surface area (Å²) in [6.07, 6.45) is 2.74. The summed E-state index contributed by atoms with van der Waals surface area (Å²) in [7, 11) is 0. The molecule has 4 aromatic rings. The highest BCUT2D eigenvalue weighted by atomic mass is 32.2. The lowest BCUT2D eigenvalue weighted by atomic mass is 10.0. The van der Waals surface area contributed by atoms with Gasteiger partial charge in [0.05, 0.1) is 28.5 Å². The summed E-state index contributed by atoms with van der Waals surface area (Å²) < 4.78 is 1.90. The first-order valence-corrected chi connectivity index (χ1v) is 12.0. The maximum atomic E-state index is 14.0. The van der Waals surface area contributed by atoms with Crippen molar-refractivity contribution in [2.45, 2.75) is 38.1 Å². The van der Waals surface area contributed by atoms with Crippen LogP contribution in [0.25, 0.3) is 22.3 Å². The first-order chi connectivity index (χ1) is 15.5. The normalized spacial score (nSPS) is 13.9. The Labute approximate surface area is 192 Å². The van der Waals surface area contributed by atoms with Crippen molar-refractivity contribution in [1.82, 2.24) is 14.8 Å². The quantitative estimate of drug-likeness (QED) is 0.383. The molecule has 5 rings (SSSR count). The molecule has 0 spiro atoms. The van der Waals surface area contributed by atoms with Crippen molar-refractivity contribution in [3.8, 4) is 11.3 Å². The average Bonchev–Trinajstić information content (AvgIpc) is 3.11. The Bertz CT molecular complexity index is 1310. The molecule has 0 aliphatic carbocycles. The zero-order valence-corrected chi connectivity index (χ0v) is 19.4. The molecule has 0 saturated heterocycles. The van der Waals surface area contributed by atoms with Gasteiger partial charge in [-0.3, -0.25) is 4.79 Å². The fourth-order valence-corrected chi connectivity index (χ4v) is 5.25. The van der Waals surface area contributed by atoms with Gasteiger partial charge in [0, 0.05) is 23.0 Å². The highest BCUT2D eigenvalue weighted by Gasteiger charge is 2.26. The van der Waals surface area contributed by atoms with Crippen molar-refractivity contribution in [3.05, 3.63) is 71.9 Å². The second-order valence-corrected chi connectivity index (χ2v) is 9.55. The molecule has 0 bridgehead atoms. The Kier molecular flexibility index (Phi) is 5.47. The second kappa shape index (κ2) is 8.43. The van der Waals surface area contributed by atoms with Crippen LogP contribution in [0.3, 0.4) is 0 Å². The number of fused-ring (bicyclic) bond motifs is 2. The lowest BCUT2D eigenvalue weighted by molar-refractivity contribution is 0.0988. The fourth-order valence-electron chi connectivity index (χ4n) is 4.25. The predicted octanol–water partition coefficient (Wildman–Crippen LogP) is 6.13. The Morgan fingerprint density at radius 2 is 1.88 bits per heavy atom. The summed E-state index contributed by atoms with van der Waals surface area (Å²) in [5.74, 6) is 1.01. The molecule has 1 aliphatic rings. The van der Waals surface area contributed by atoms with Gasteiger partial charge in [0.25, 0.3) is 5.91 Å². The largest absolute Gasteiger partial charge is 0.307 e. The molecular weight excluding hydrogens is 416 g/mol. The number of para-hydroxylation sites is 1. The van der Waals surface area contributed by atoms with Crippen LogP contribution >= 0.6 is 11.8 Å². The van der Waals surface area contributed by atoms with E-state index in [0.717, 1.165) is 50.6 Å². The minimum atomic E-state index is 0.00508. The zero-order chi connectivity index (χ0) is 22.2. The summed E-state index contributed by atoms with van der Waals surface area (Å²) in [6.45, 7) is 6.94. The van der Waals surface area contributed by atoms with Gasteiger partial charge in [0.1, 0.15) is 0 Å². The van der Waals surface area contributed by atoms with Crippen molar-refractivity contribution in [2.75, 3.05) is 17.2 Å². The highest BCUT2D eigenvalue weighted by Crippen LogP contribution is 2.36. The number of nitrogens with zero attached hydrogens (tertiary/aromatic N) is 4. The highest BCUT2D eigenvalue weighted by molar-refractivity contribution is 7.99. The Hall–Kier alpha value is -3.12. The first kappa shape index (κ1) is 20.8. The predicted molar refractivity (Wildman–Crippen MR) is 132 cm³/mol. The molecule has 0 N–H and O–H groups in total. The average molecular weight is 443 g/mol. The summed E-state index contributed by atoms with van der Waals surface area (Å²) in [6, 6.07) is 18.4. The zero-order valence-electron chi connectivity index (χ0n) is 18.6. The smallest absolute Gasteiger partial charge is 0.259 e. The number of aryl methyl sites for hydroxylation is 1. The number of carbonyl (C=O) groups is 1. The van der Waals surface area contributed by atoms with Crippen LogP contribution in [0.4, 0.5) is 5.69 Å². The molecule has 0 saturated carbocycles. The molecule has 0 unspecified atom stereocenters. The van der Waals surface area contributed by atoms with Crippen molar-refractivity contribution in [2.24, 2.45) is 0 Å². The van der Waals surface area contributed by atoms with Crippen molar-refractivity contribution in [1.29, 1.82) is 0 Å². The van der Waals surface area contributed by atoms with E-state index < -0.39 is 0 Å². The summed E-state index contributed by atoms with van der Waals surface area (Å²) >= 11 is 1.82. The number of rotatable bonds is 3. The van der Waals surface area contributed by atoms with E-state index in [2.05, 4.69) is 44.1 Å². The van der Waals surface area contributed by atoms with E-state index in [0.29, 0.717) is 12.1 Å². The van der Waals surface area contributed by atoms with Gasteiger partial charge in [0.2, 0.25) is 0 Å². The molecule has 162 valence electrons. The lowest BCUT2D eigenvalue weighted by Gasteiger charge is -2.23. The van der Waals surface area contributed by atoms with Gasteiger partial charge in [-0.2, -0.15) is 5.10 Å². The summed E-state index contributed by atoms with van der Waals surface area (Å²) in [5, 5.41) is 5.38. The van der Waals surface area contributed by atoms with E-state index in [9.17, 15) is 4.79 Å². The van der Waals surface area contributed by atoms with Crippen LogP contribution in [0.15, 0.2) is 65.7 Å². The minimum Gasteiger partial charge on any atom is -0.307 e. The molecule has 3 heterocycles. The molecule has 0 radical (unpaired) electrons. The molecule has 1 amide bonds. The van der Waals surface area contributed by atoms with Gasteiger partial charge in [-0.25, -0.2) is 9.67 Å². The molecule has 32 heavy (non-hydrogen) atoms. The number of thioether (sulfide) groups is 1. The Balaban J connectivity index is 1.71. The maximum Gasteiger partial charge on any atom is 0.259 e. The number of benzene rings is 2. The van der Waals surface area contributed by atoms with Crippen LogP contribution in [0.2, 0.25) is 0 Å². The van der Waals surface area contributed by atoms with Crippen LogP contribution in [-0.2, 0) is 0 Å². The Morgan fingerprint density at radius 3 is 2.69 bits per heavy atom. The lowest BCUT2D eigenvalue weighted by Crippen LogP contribution is -2.32. The van der Waals surface area contributed by atoms with Crippen LogP contribution in [-0.4, -0.2) is 33.0 Å². The van der Waals surface area contributed by atoms with Crippen LogP contribution in [0.5, 0.6) is 0 Å². The number of aromatic nitrogens is 3. The number of amides is 1. The van der Waals surface area contributed by atoms with Crippen molar-refractivity contribution >= 4 is 34.4 Å². The van der Waals surface area contributed by atoms with Gasteiger partial charge < -0.3 is 4.90 Å². The number of carbonyl (C=O) groups excluding carboxylic acids is 1. The monoisotopic (exact) mass is 442 g/mol. The topological polar surface area (TPSA) is 51.0 Å². The first-order valence-electron chi connectivity index (χ1n) is 11.0. The van der Waals surface area contributed by atoms with Crippen LogP contribution in [0.1, 0.15) is 42.2 Å². The van der Waals surface area contributed by atoms with E-state index in [1.54, 1.807) is 6.20 Å². The molecular formula is C26H26N4OS. The number of anilines is 1. The third-order valence-corrected chi connectivity index (χ3v) is 7.04. The fraction of sp³-hybridized carbons (Fsp3) is 0.269. The molecule has 0 atom stereocenters. The van der Waals surface area contributed by atoms with E-state index in [-0.39, 0.29) is 11.9 Å². The van der Waals surface area contributed by atoms with Crippen LogP contribution in [0, 0.1) is 6.92 Å². The van der Waals surface area contributed by atoms with Gasteiger partial charge in [0.15, 0.2) is 5.65 Å².